The Balaban J connectivity index is 2.14. The van der Waals surface area contributed by atoms with Gasteiger partial charge in [-0.15, -0.1) is 0 Å². The van der Waals surface area contributed by atoms with Crippen LogP contribution in [0.1, 0.15) is 31.3 Å². The number of nitrogens with one attached hydrogen (secondary N) is 2. The summed E-state index contributed by atoms with van der Waals surface area (Å²) in [7, 11) is -8.62. The highest BCUT2D eigenvalue weighted by Crippen LogP contribution is 2.40. The van der Waals surface area contributed by atoms with Crippen LogP contribution in [-0.4, -0.2) is 43.8 Å². The molecule has 35 heavy (non-hydrogen) atoms. The number of fused-ring (bicyclic) bond motifs is 1. The predicted octanol–water partition coefficient (Wildman–Crippen LogP) is 5.22. The molecule has 0 bridgehead atoms. The number of nitrogens with zero attached hydrogens (tertiary/aromatic N) is 2. The molecule has 0 aliphatic rings. The van der Waals surface area contributed by atoms with E-state index in [4.69, 9.17) is 0 Å². The van der Waals surface area contributed by atoms with Crippen molar-refractivity contribution in [2.75, 3.05) is 30.5 Å². The quantitative estimate of drug-likeness (QED) is 0.318. The Morgan fingerprint density at radius 3 is 2.37 bits per heavy atom. The van der Waals surface area contributed by atoms with Crippen LogP contribution >= 0.6 is 7.14 Å². The third kappa shape index (κ3) is 5.28. The zero-order valence-corrected chi connectivity index (χ0v) is 21.4. The lowest BCUT2D eigenvalue weighted by molar-refractivity contribution is -0.0437. The van der Waals surface area contributed by atoms with Gasteiger partial charge in [0.1, 0.15) is 29.5 Å². The highest BCUT2D eigenvalue weighted by molar-refractivity contribution is 7.92. The van der Waals surface area contributed by atoms with Crippen LogP contribution in [0.25, 0.3) is 10.9 Å². The number of aromatic nitrogens is 2. The fourth-order valence-corrected chi connectivity index (χ4v) is 5.67. The van der Waals surface area contributed by atoms with Crippen LogP contribution in [0.15, 0.2) is 35.2 Å². The number of hydrogen-bond donors (Lipinski definition) is 2. The van der Waals surface area contributed by atoms with Gasteiger partial charge in [0.25, 0.3) is 9.84 Å². The SMILES string of the molecule is CCNc1cc2nc(C)nc(NC(C)c3cccc(S(=O)(=O)C(F)(F)F)c3F)c2cc1P(C)(C)=O. The standard InChI is InChI=1S/C22H25F4N4O3PS/c1-6-27-17-11-16-15(10-18(17)34(4,5)31)21(30-13(3)29-16)28-12(2)14-8-7-9-19(20(14)23)35(32,33)22(24,25)26/h7-12,27H,6H2,1-5H3,(H,28,29,30). The van der Waals surface area contributed by atoms with E-state index in [9.17, 15) is 26.2 Å². The Labute approximate surface area is 200 Å². The molecule has 0 spiro atoms. The maximum atomic E-state index is 15.0. The number of alkyl halides is 3. The summed E-state index contributed by atoms with van der Waals surface area (Å²) in [6.07, 6.45) is 0. The van der Waals surface area contributed by atoms with Crippen LogP contribution in [0.4, 0.5) is 29.1 Å². The lowest BCUT2D eigenvalue weighted by Gasteiger charge is -2.20. The molecule has 0 aliphatic heterocycles. The van der Waals surface area contributed by atoms with Gasteiger partial charge in [0.2, 0.25) is 0 Å². The van der Waals surface area contributed by atoms with E-state index in [2.05, 4.69) is 20.6 Å². The van der Waals surface area contributed by atoms with E-state index in [1.807, 2.05) is 6.92 Å². The molecule has 2 aromatic carbocycles. The molecule has 0 saturated heterocycles. The molecule has 0 fully saturated rings. The van der Waals surface area contributed by atoms with Gasteiger partial charge in [-0.25, -0.2) is 22.8 Å². The molecule has 1 unspecified atom stereocenters. The van der Waals surface area contributed by atoms with Crippen molar-refractivity contribution in [1.82, 2.24) is 9.97 Å². The number of halogens is 4. The molecule has 1 aromatic heterocycles. The minimum absolute atomic E-state index is 0.237. The van der Waals surface area contributed by atoms with Crippen LogP contribution in [0, 0.1) is 12.7 Å². The Hall–Kier alpha value is -2.72. The molecular weight excluding hydrogens is 507 g/mol. The van der Waals surface area contributed by atoms with Gasteiger partial charge in [0, 0.05) is 28.5 Å². The molecule has 3 aromatic rings. The van der Waals surface area contributed by atoms with E-state index in [0.29, 0.717) is 40.3 Å². The maximum Gasteiger partial charge on any atom is 0.502 e. The molecule has 7 nitrogen and oxygen atoms in total. The number of benzene rings is 2. The third-order valence-corrected chi connectivity index (χ3v) is 8.31. The number of aryl methyl sites for hydroxylation is 1. The number of rotatable bonds is 7. The maximum absolute atomic E-state index is 15.0. The Morgan fingerprint density at radius 2 is 1.80 bits per heavy atom. The average Bonchev–Trinajstić information content (AvgIpc) is 2.71. The second kappa shape index (κ2) is 9.39. The first kappa shape index (κ1) is 26.9. The van der Waals surface area contributed by atoms with Crippen molar-refractivity contribution in [3.8, 4) is 0 Å². The summed E-state index contributed by atoms with van der Waals surface area (Å²) < 4.78 is 90.6. The largest absolute Gasteiger partial charge is 0.502 e. The second-order valence-electron chi connectivity index (χ2n) is 8.36. The van der Waals surface area contributed by atoms with Gasteiger partial charge in [-0.2, -0.15) is 13.2 Å². The van der Waals surface area contributed by atoms with E-state index in [1.165, 1.54) is 13.0 Å². The summed E-state index contributed by atoms with van der Waals surface area (Å²) in [5, 5.41) is 7.15. The van der Waals surface area contributed by atoms with Crippen LogP contribution in [0.2, 0.25) is 0 Å². The first-order valence-corrected chi connectivity index (χ1v) is 14.6. The molecule has 190 valence electrons. The minimum Gasteiger partial charge on any atom is -0.385 e. The summed E-state index contributed by atoms with van der Waals surface area (Å²) in [5.74, 6) is -0.893. The summed E-state index contributed by atoms with van der Waals surface area (Å²) in [4.78, 5) is 7.32. The Morgan fingerprint density at radius 1 is 1.14 bits per heavy atom. The summed E-state index contributed by atoms with van der Waals surface area (Å²) in [5.41, 5.74) is -4.77. The molecule has 0 saturated carbocycles. The highest BCUT2D eigenvalue weighted by atomic mass is 32.2. The topological polar surface area (TPSA) is 101 Å². The molecule has 0 radical (unpaired) electrons. The van der Waals surface area contributed by atoms with Crippen LogP contribution in [-0.2, 0) is 14.4 Å². The molecule has 0 amide bonds. The monoisotopic (exact) mass is 532 g/mol. The van der Waals surface area contributed by atoms with Gasteiger partial charge >= 0.3 is 5.51 Å². The number of sulfone groups is 1. The predicted molar refractivity (Wildman–Crippen MR) is 129 cm³/mol. The van der Waals surface area contributed by atoms with Crippen LogP contribution in [0.3, 0.4) is 0 Å². The van der Waals surface area contributed by atoms with Crippen molar-refractivity contribution < 1.29 is 30.5 Å². The van der Waals surface area contributed by atoms with Gasteiger partial charge in [0.05, 0.1) is 11.6 Å². The van der Waals surface area contributed by atoms with E-state index in [-0.39, 0.29) is 11.4 Å². The number of anilines is 2. The van der Waals surface area contributed by atoms with Crippen molar-refractivity contribution in [2.45, 2.75) is 37.2 Å². The summed E-state index contributed by atoms with van der Waals surface area (Å²) in [6.45, 7) is 8.80. The molecule has 1 atom stereocenters. The lowest BCUT2D eigenvalue weighted by Crippen LogP contribution is -2.25. The zero-order chi connectivity index (χ0) is 26.3. The van der Waals surface area contributed by atoms with Gasteiger partial charge in [0.15, 0.2) is 0 Å². The fraction of sp³-hybridized carbons (Fsp3) is 0.364. The first-order chi connectivity index (χ1) is 16.1. The van der Waals surface area contributed by atoms with E-state index in [0.717, 1.165) is 6.07 Å². The molecular formula is C22H25F4N4O3PS. The van der Waals surface area contributed by atoms with E-state index >= 15 is 4.39 Å². The minimum atomic E-state index is -5.88. The van der Waals surface area contributed by atoms with Crippen molar-refractivity contribution in [1.29, 1.82) is 0 Å². The Bertz CT molecular complexity index is 1440. The second-order valence-corrected chi connectivity index (χ2v) is 13.5. The highest BCUT2D eigenvalue weighted by Gasteiger charge is 2.48. The molecule has 3 rings (SSSR count). The van der Waals surface area contributed by atoms with E-state index < -0.39 is 39.2 Å². The summed E-state index contributed by atoms with van der Waals surface area (Å²) >= 11 is 0. The molecule has 2 N–H and O–H groups in total. The van der Waals surface area contributed by atoms with E-state index in [1.54, 1.807) is 32.4 Å². The first-order valence-electron chi connectivity index (χ1n) is 10.6. The number of hydrogen-bond acceptors (Lipinski definition) is 7. The smallest absolute Gasteiger partial charge is 0.385 e. The van der Waals surface area contributed by atoms with Crippen LogP contribution in [0.5, 0.6) is 0 Å². The summed E-state index contributed by atoms with van der Waals surface area (Å²) in [6, 6.07) is 5.25. The van der Waals surface area contributed by atoms with Crippen molar-refractivity contribution >= 4 is 44.7 Å². The Kier molecular flexibility index (Phi) is 7.21. The van der Waals surface area contributed by atoms with Gasteiger partial charge in [-0.3, -0.25) is 0 Å². The fourth-order valence-electron chi connectivity index (χ4n) is 3.65. The normalized spacial score (nSPS) is 13.6. The van der Waals surface area contributed by atoms with Gasteiger partial charge < -0.3 is 15.2 Å². The molecule has 0 aliphatic carbocycles. The van der Waals surface area contributed by atoms with Crippen molar-refractivity contribution in [2.24, 2.45) is 0 Å². The van der Waals surface area contributed by atoms with Gasteiger partial charge in [-0.1, -0.05) is 12.1 Å². The molecule has 13 heteroatoms. The van der Waals surface area contributed by atoms with Crippen molar-refractivity contribution in [3.63, 3.8) is 0 Å². The average molecular weight is 533 g/mol. The van der Waals surface area contributed by atoms with Crippen LogP contribution < -0.4 is 15.9 Å². The van der Waals surface area contributed by atoms with Crippen molar-refractivity contribution in [3.05, 3.63) is 47.5 Å². The third-order valence-electron chi connectivity index (χ3n) is 5.28. The molecule has 1 heterocycles. The zero-order valence-electron chi connectivity index (χ0n) is 19.7. The van der Waals surface area contributed by atoms with Gasteiger partial charge in [-0.05, 0) is 52.3 Å². The lowest BCUT2D eigenvalue weighted by atomic mass is 10.1.